The summed E-state index contributed by atoms with van der Waals surface area (Å²) in [5.41, 5.74) is 5.47. The summed E-state index contributed by atoms with van der Waals surface area (Å²) >= 11 is 0. The van der Waals surface area contributed by atoms with Crippen LogP contribution in [0.15, 0.2) is 36.4 Å². The van der Waals surface area contributed by atoms with Gasteiger partial charge in [0.25, 0.3) is 5.91 Å². The van der Waals surface area contributed by atoms with E-state index in [1.54, 1.807) is 11.9 Å². The molecular formula is C24H29N5O2. The number of anilines is 1. The summed E-state index contributed by atoms with van der Waals surface area (Å²) < 4.78 is 1.97. The molecule has 2 heterocycles. The highest BCUT2D eigenvalue weighted by atomic mass is 16.2. The fraction of sp³-hybridized carbons (Fsp3) is 0.375. The average Bonchev–Trinajstić information content (AvgIpc) is 3.39. The first-order valence-corrected chi connectivity index (χ1v) is 10.7. The van der Waals surface area contributed by atoms with Gasteiger partial charge in [0.15, 0.2) is 0 Å². The SMILES string of the molecule is Cc1ccc(NC(=O)N(C)Cc2nc3cc(C(=O)N4CCCC4)ccc3n2C)cc1C. The van der Waals surface area contributed by atoms with E-state index < -0.39 is 0 Å². The summed E-state index contributed by atoms with van der Waals surface area (Å²) in [4.78, 5) is 33.6. The zero-order valence-corrected chi connectivity index (χ0v) is 18.6. The molecule has 1 fully saturated rings. The van der Waals surface area contributed by atoms with Crippen LogP contribution in [0.1, 0.15) is 40.2 Å². The van der Waals surface area contributed by atoms with Gasteiger partial charge in [-0.2, -0.15) is 0 Å². The standard InChI is InChI=1S/C24H29N5O2/c1-16-7-9-19(13-17(16)2)25-24(31)27(3)15-22-26-20-14-18(8-10-21(20)28(22)4)23(30)29-11-5-6-12-29/h7-10,13-14H,5-6,11-12,15H2,1-4H3,(H,25,31). The number of carbonyl (C=O) groups is 2. The number of fused-ring (bicyclic) bond motifs is 1. The van der Waals surface area contributed by atoms with Gasteiger partial charge in [-0.3, -0.25) is 4.79 Å². The van der Waals surface area contributed by atoms with Gasteiger partial charge in [-0.25, -0.2) is 9.78 Å². The number of benzene rings is 2. The van der Waals surface area contributed by atoms with Crippen molar-refractivity contribution in [3.05, 3.63) is 58.9 Å². The Morgan fingerprint density at radius 1 is 1.06 bits per heavy atom. The summed E-state index contributed by atoms with van der Waals surface area (Å²) in [5.74, 6) is 0.829. The van der Waals surface area contributed by atoms with Crippen molar-refractivity contribution in [3.63, 3.8) is 0 Å². The molecule has 2 aromatic carbocycles. The predicted molar refractivity (Wildman–Crippen MR) is 122 cm³/mol. The largest absolute Gasteiger partial charge is 0.339 e. The van der Waals surface area contributed by atoms with E-state index in [2.05, 4.69) is 5.32 Å². The molecule has 7 nitrogen and oxygen atoms in total. The first-order valence-electron chi connectivity index (χ1n) is 10.7. The van der Waals surface area contributed by atoms with Gasteiger partial charge in [0, 0.05) is 38.4 Å². The number of urea groups is 1. The number of hydrogen-bond donors (Lipinski definition) is 1. The highest BCUT2D eigenvalue weighted by Gasteiger charge is 2.21. The maximum absolute atomic E-state index is 12.7. The monoisotopic (exact) mass is 419 g/mol. The fourth-order valence-electron chi connectivity index (χ4n) is 3.95. The van der Waals surface area contributed by atoms with Gasteiger partial charge in [0.05, 0.1) is 17.6 Å². The van der Waals surface area contributed by atoms with Crippen molar-refractivity contribution in [1.29, 1.82) is 0 Å². The van der Waals surface area contributed by atoms with Crippen LogP contribution in [0.2, 0.25) is 0 Å². The number of nitrogens with one attached hydrogen (secondary N) is 1. The molecule has 31 heavy (non-hydrogen) atoms. The molecule has 1 aliphatic heterocycles. The van der Waals surface area contributed by atoms with Crippen molar-refractivity contribution in [1.82, 2.24) is 19.4 Å². The Bertz CT molecular complexity index is 1140. The van der Waals surface area contributed by atoms with Crippen LogP contribution in [0.5, 0.6) is 0 Å². The molecule has 0 unspecified atom stereocenters. The Balaban J connectivity index is 1.49. The van der Waals surface area contributed by atoms with Gasteiger partial charge >= 0.3 is 6.03 Å². The van der Waals surface area contributed by atoms with Crippen LogP contribution >= 0.6 is 0 Å². The maximum Gasteiger partial charge on any atom is 0.321 e. The number of imidazole rings is 1. The Kier molecular flexibility index (Phi) is 5.67. The smallest absolute Gasteiger partial charge is 0.321 e. The van der Waals surface area contributed by atoms with Crippen molar-refractivity contribution in [2.24, 2.45) is 7.05 Å². The molecule has 0 radical (unpaired) electrons. The molecule has 4 rings (SSSR count). The highest BCUT2D eigenvalue weighted by molar-refractivity contribution is 5.97. The highest BCUT2D eigenvalue weighted by Crippen LogP contribution is 2.21. The van der Waals surface area contributed by atoms with E-state index in [1.165, 1.54) is 5.56 Å². The van der Waals surface area contributed by atoms with Gasteiger partial charge in [-0.05, 0) is 68.1 Å². The zero-order chi connectivity index (χ0) is 22.1. The fourth-order valence-corrected chi connectivity index (χ4v) is 3.95. The van der Waals surface area contributed by atoms with E-state index >= 15 is 0 Å². The minimum atomic E-state index is -0.194. The first kappa shape index (κ1) is 20.9. The molecule has 7 heteroatoms. The Morgan fingerprint density at radius 3 is 2.52 bits per heavy atom. The molecule has 1 saturated heterocycles. The minimum absolute atomic E-state index is 0.0662. The lowest BCUT2D eigenvalue weighted by Crippen LogP contribution is -2.31. The summed E-state index contributed by atoms with van der Waals surface area (Å²) in [7, 11) is 3.68. The van der Waals surface area contributed by atoms with Crippen molar-refractivity contribution in [3.8, 4) is 0 Å². The van der Waals surface area contributed by atoms with Crippen LogP contribution in [0.4, 0.5) is 10.5 Å². The van der Waals surface area contributed by atoms with E-state index in [1.807, 2.05) is 66.8 Å². The maximum atomic E-state index is 12.7. The second-order valence-electron chi connectivity index (χ2n) is 8.38. The lowest BCUT2D eigenvalue weighted by atomic mass is 10.1. The normalized spacial score (nSPS) is 13.6. The Morgan fingerprint density at radius 2 is 1.81 bits per heavy atom. The van der Waals surface area contributed by atoms with Crippen LogP contribution in [-0.4, -0.2) is 51.4 Å². The molecular weight excluding hydrogens is 390 g/mol. The number of nitrogens with zero attached hydrogens (tertiary/aromatic N) is 4. The molecule has 1 aromatic heterocycles. The third kappa shape index (κ3) is 4.26. The lowest BCUT2D eigenvalue weighted by Gasteiger charge is -2.18. The minimum Gasteiger partial charge on any atom is -0.339 e. The van der Waals surface area contributed by atoms with Crippen molar-refractivity contribution < 1.29 is 9.59 Å². The van der Waals surface area contributed by atoms with Crippen LogP contribution in [0.3, 0.4) is 0 Å². The van der Waals surface area contributed by atoms with Gasteiger partial charge in [-0.15, -0.1) is 0 Å². The van der Waals surface area contributed by atoms with Gasteiger partial charge < -0.3 is 19.7 Å². The summed E-state index contributed by atoms with van der Waals surface area (Å²) in [6, 6.07) is 11.3. The molecule has 0 bridgehead atoms. The van der Waals surface area contributed by atoms with Crippen LogP contribution in [0.25, 0.3) is 11.0 Å². The summed E-state index contributed by atoms with van der Waals surface area (Å²) in [6.07, 6.45) is 2.14. The summed E-state index contributed by atoms with van der Waals surface area (Å²) in [6.45, 7) is 6.08. The van der Waals surface area contributed by atoms with Crippen LogP contribution in [-0.2, 0) is 13.6 Å². The third-order valence-corrected chi connectivity index (χ3v) is 6.10. The van der Waals surface area contributed by atoms with Crippen LogP contribution < -0.4 is 5.32 Å². The lowest BCUT2D eigenvalue weighted by molar-refractivity contribution is 0.0793. The number of hydrogen-bond acceptors (Lipinski definition) is 3. The molecule has 162 valence electrons. The Hall–Kier alpha value is -3.35. The molecule has 1 N–H and O–H groups in total. The second-order valence-corrected chi connectivity index (χ2v) is 8.38. The second kappa shape index (κ2) is 8.41. The van der Waals surface area contributed by atoms with Gasteiger partial charge in [-0.1, -0.05) is 6.07 Å². The first-order chi connectivity index (χ1) is 14.8. The van der Waals surface area contributed by atoms with E-state index in [-0.39, 0.29) is 11.9 Å². The molecule has 3 amide bonds. The van der Waals surface area contributed by atoms with E-state index in [9.17, 15) is 9.59 Å². The van der Waals surface area contributed by atoms with Gasteiger partial charge in [0.1, 0.15) is 5.82 Å². The molecule has 1 aliphatic rings. The topological polar surface area (TPSA) is 70.5 Å². The number of likely N-dealkylation sites (tertiary alicyclic amines) is 1. The van der Waals surface area contributed by atoms with E-state index in [0.29, 0.717) is 12.1 Å². The number of rotatable bonds is 4. The van der Waals surface area contributed by atoms with Crippen LogP contribution in [0, 0.1) is 13.8 Å². The van der Waals surface area contributed by atoms with E-state index in [4.69, 9.17) is 4.98 Å². The number of amides is 3. The number of aromatic nitrogens is 2. The quantitative estimate of drug-likeness (QED) is 0.692. The molecule has 0 saturated carbocycles. The molecule has 0 aliphatic carbocycles. The van der Waals surface area contributed by atoms with E-state index in [0.717, 1.165) is 54.0 Å². The third-order valence-electron chi connectivity index (χ3n) is 6.10. The average molecular weight is 420 g/mol. The molecule has 0 spiro atoms. The van der Waals surface area contributed by atoms with Crippen molar-refractivity contribution in [2.45, 2.75) is 33.2 Å². The predicted octanol–water partition coefficient (Wildman–Crippen LogP) is 4.09. The van der Waals surface area contributed by atoms with Gasteiger partial charge in [0.2, 0.25) is 0 Å². The molecule has 3 aromatic rings. The van der Waals surface area contributed by atoms with Crippen molar-refractivity contribution in [2.75, 3.05) is 25.5 Å². The number of carbonyl (C=O) groups excluding carboxylic acids is 2. The zero-order valence-electron chi connectivity index (χ0n) is 18.6. The van der Waals surface area contributed by atoms with Crippen molar-refractivity contribution >= 4 is 28.7 Å². The summed E-state index contributed by atoms with van der Waals surface area (Å²) in [5, 5.41) is 2.94. The Labute approximate surface area is 182 Å². The number of aryl methyl sites for hydroxylation is 3. The molecule has 0 atom stereocenters.